The Labute approximate surface area is 257 Å². The van der Waals surface area contributed by atoms with Crippen LogP contribution in [-0.2, 0) is 22.4 Å². The molecule has 0 radical (unpaired) electrons. The molecule has 4 rings (SSSR count). The van der Waals surface area contributed by atoms with Crippen molar-refractivity contribution in [3.8, 4) is 0 Å². The van der Waals surface area contributed by atoms with E-state index in [2.05, 4.69) is 41.5 Å². The van der Waals surface area contributed by atoms with Gasteiger partial charge in [-0.15, -0.1) is 0 Å². The van der Waals surface area contributed by atoms with Crippen LogP contribution in [0.1, 0.15) is 78.0 Å². The Morgan fingerprint density at radius 3 is 2.16 bits per heavy atom. The van der Waals surface area contributed by atoms with Crippen LogP contribution < -0.4 is 5.32 Å². The third-order valence-electron chi connectivity index (χ3n) is 6.73. The monoisotopic (exact) mass is 593 g/mol. The molecule has 0 saturated carbocycles. The number of halogens is 2. The Hall–Kier alpha value is -3.87. The van der Waals surface area contributed by atoms with Crippen molar-refractivity contribution in [3.63, 3.8) is 0 Å². The molecule has 1 aliphatic rings. The summed E-state index contributed by atoms with van der Waals surface area (Å²) >= 11 is 0. The number of amides is 2. The fraction of sp³-hybridized carbons (Fsp3) is 0.417. The number of nitrogens with one attached hydrogen (secondary N) is 1. The number of pyridine rings is 1. The first-order chi connectivity index (χ1) is 20.6. The molecular weight excluding hydrogens is 544 g/mol. The van der Waals surface area contributed by atoms with Crippen LogP contribution in [0.4, 0.5) is 14.6 Å². The molecule has 0 unspecified atom stereocenters. The summed E-state index contributed by atoms with van der Waals surface area (Å²) < 4.78 is 23.9. The van der Waals surface area contributed by atoms with Crippen molar-refractivity contribution in [2.75, 3.05) is 18.9 Å². The van der Waals surface area contributed by atoms with Gasteiger partial charge in [0.2, 0.25) is 11.8 Å². The van der Waals surface area contributed by atoms with E-state index in [1.165, 1.54) is 29.3 Å². The summed E-state index contributed by atoms with van der Waals surface area (Å²) in [6, 6.07) is 16.4. The molecular formula is C36H49F2N3O2. The predicted octanol–water partition coefficient (Wildman–Crippen LogP) is 8.75. The van der Waals surface area contributed by atoms with E-state index in [0.29, 0.717) is 12.4 Å². The number of benzene rings is 2. The van der Waals surface area contributed by atoms with Gasteiger partial charge < -0.3 is 10.2 Å². The van der Waals surface area contributed by atoms with Crippen molar-refractivity contribution in [1.82, 2.24) is 9.88 Å². The van der Waals surface area contributed by atoms with Crippen LogP contribution in [0.3, 0.4) is 0 Å². The Kier molecular flexibility index (Phi) is 16.7. The minimum atomic E-state index is -0.537. The van der Waals surface area contributed by atoms with Crippen LogP contribution in [0.5, 0.6) is 0 Å². The topological polar surface area (TPSA) is 62.3 Å². The molecule has 3 aromatic rings. The number of hydrogen-bond acceptors (Lipinski definition) is 3. The van der Waals surface area contributed by atoms with Crippen molar-refractivity contribution in [3.05, 3.63) is 101 Å². The Balaban J connectivity index is 0.000000651. The first-order valence-corrected chi connectivity index (χ1v) is 15.3. The molecule has 2 amide bonds. The van der Waals surface area contributed by atoms with Gasteiger partial charge in [-0.3, -0.25) is 9.59 Å². The highest BCUT2D eigenvalue weighted by atomic mass is 19.1. The van der Waals surface area contributed by atoms with E-state index in [1.807, 2.05) is 66.8 Å². The van der Waals surface area contributed by atoms with Crippen molar-refractivity contribution < 1.29 is 18.4 Å². The van der Waals surface area contributed by atoms with Crippen molar-refractivity contribution in [1.29, 1.82) is 0 Å². The second-order valence-electron chi connectivity index (χ2n) is 10.5. The summed E-state index contributed by atoms with van der Waals surface area (Å²) in [5.41, 5.74) is 3.22. The highest BCUT2D eigenvalue weighted by molar-refractivity contribution is 5.92. The van der Waals surface area contributed by atoms with Crippen LogP contribution in [0.2, 0.25) is 0 Å². The van der Waals surface area contributed by atoms with Gasteiger partial charge in [0.15, 0.2) is 0 Å². The third kappa shape index (κ3) is 12.5. The van der Waals surface area contributed by atoms with E-state index in [9.17, 15) is 18.4 Å². The Morgan fingerprint density at radius 2 is 1.60 bits per heavy atom. The summed E-state index contributed by atoms with van der Waals surface area (Å²) in [6.45, 7) is 14.7. The molecule has 5 nitrogen and oxygen atoms in total. The second-order valence-corrected chi connectivity index (χ2v) is 10.5. The standard InChI is InChI=1S/C26H33N3O2.C6H4F2.2C2H6/c1-5-13-26(2,3)25(31)29(4)15-8-9-19-11-12-20-17-22(18-21(20)16-19)24(30)28-23-10-6-7-14-27-23;7-5-2-1-3-6(8)4-5;2*1-2/h6-12,14,16,22H,5,13,15,17-18H2,1-4H3,(H,27,28,30);1-4H;2*1-2H3/b9-8+;;;/t22-;;;/m1.../s1. The van der Waals surface area contributed by atoms with Crippen molar-refractivity contribution in [2.24, 2.45) is 11.3 Å². The quantitative estimate of drug-likeness (QED) is 0.284. The van der Waals surface area contributed by atoms with Gasteiger partial charge in [-0.1, -0.05) is 97.4 Å². The van der Waals surface area contributed by atoms with Crippen LogP contribution in [0, 0.1) is 23.0 Å². The zero-order chi connectivity index (χ0) is 32.4. The van der Waals surface area contributed by atoms with E-state index in [-0.39, 0.29) is 23.1 Å². The average molecular weight is 594 g/mol. The van der Waals surface area contributed by atoms with E-state index in [0.717, 1.165) is 37.3 Å². The molecule has 1 aliphatic carbocycles. The molecule has 1 atom stereocenters. The average Bonchev–Trinajstić information content (AvgIpc) is 3.43. The van der Waals surface area contributed by atoms with Crippen molar-refractivity contribution >= 4 is 23.7 Å². The largest absolute Gasteiger partial charge is 0.342 e. The maximum atomic E-state index is 12.6. The lowest BCUT2D eigenvalue weighted by Crippen LogP contribution is -2.38. The molecule has 0 bridgehead atoms. The van der Waals surface area contributed by atoms with E-state index in [1.54, 1.807) is 17.2 Å². The number of hydrogen-bond donors (Lipinski definition) is 1. The molecule has 1 N–H and O–H groups in total. The van der Waals surface area contributed by atoms with Gasteiger partial charge in [0.25, 0.3) is 0 Å². The molecule has 7 heteroatoms. The molecule has 0 spiro atoms. The molecule has 0 saturated heterocycles. The number of carbonyl (C=O) groups excluding carboxylic acids is 2. The molecule has 2 aromatic carbocycles. The number of likely N-dealkylation sites (N-methyl/N-ethyl adjacent to an activating group) is 1. The van der Waals surface area contributed by atoms with E-state index in [4.69, 9.17) is 0 Å². The molecule has 0 aliphatic heterocycles. The Bertz CT molecular complexity index is 1280. The molecule has 234 valence electrons. The van der Waals surface area contributed by atoms with Crippen LogP contribution in [0.15, 0.2) is 72.9 Å². The van der Waals surface area contributed by atoms with Gasteiger partial charge >= 0.3 is 0 Å². The number of nitrogens with zero attached hydrogens (tertiary/aromatic N) is 2. The molecule has 0 fully saturated rings. The molecule has 43 heavy (non-hydrogen) atoms. The number of aromatic nitrogens is 1. The maximum Gasteiger partial charge on any atom is 0.229 e. The first-order valence-electron chi connectivity index (χ1n) is 15.3. The van der Waals surface area contributed by atoms with E-state index >= 15 is 0 Å². The van der Waals surface area contributed by atoms with Crippen LogP contribution >= 0.6 is 0 Å². The normalized spacial score (nSPS) is 13.3. The molecule has 1 aromatic heterocycles. The lowest BCUT2D eigenvalue weighted by Gasteiger charge is -2.28. The number of anilines is 1. The summed E-state index contributed by atoms with van der Waals surface area (Å²) in [5.74, 6) is -0.361. The Morgan fingerprint density at radius 1 is 0.953 bits per heavy atom. The highest BCUT2D eigenvalue weighted by Gasteiger charge is 2.29. The fourth-order valence-electron chi connectivity index (χ4n) is 4.73. The zero-order valence-electron chi connectivity index (χ0n) is 27.1. The zero-order valence-corrected chi connectivity index (χ0v) is 27.1. The minimum Gasteiger partial charge on any atom is -0.342 e. The van der Waals surface area contributed by atoms with Gasteiger partial charge in [-0.05, 0) is 60.2 Å². The van der Waals surface area contributed by atoms with Crippen LogP contribution in [-0.4, -0.2) is 35.3 Å². The van der Waals surface area contributed by atoms with Gasteiger partial charge in [-0.25, -0.2) is 13.8 Å². The van der Waals surface area contributed by atoms with Gasteiger partial charge in [0.05, 0.1) is 0 Å². The van der Waals surface area contributed by atoms with Crippen molar-refractivity contribution in [2.45, 2.75) is 74.1 Å². The van der Waals surface area contributed by atoms with Crippen LogP contribution in [0.25, 0.3) is 6.08 Å². The third-order valence-corrected chi connectivity index (χ3v) is 6.73. The minimum absolute atomic E-state index is 0.0156. The number of carbonyl (C=O) groups is 2. The van der Waals surface area contributed by atoms with Gasteiger partial charge in [0, 0.05) is 37.2 Å². The smallest absolute Gasteiger partial charge is 0.229 e. The highest BCUT2D eigenvalue weighted by Crippen LogP contribution is 2.29. The first kappa shape index (κ1) is 37.2. The fourth-order valence-corrected chi connectivity index (χ4v) is 4.73. The predicted molar refractivity (Wildman–Crippen MR) is 175 cm³/mol. The summed E-state index contributed by atoms with van der Waals surface area (Å²) in [7, 11) is 1.86. The number of rotatable bonds is 8. The maximum absolute atomic E-state index is 12.6. The summed E-state index contributed by atoms with van der Waals surface area (Å²) in [4.78, 5) is 31.2. The lowest BCUT2D eigenvalue weighted by molar-refractivity contribution is -0.138. The lowest BCUT2D eigenvalue weighted by atomic mass is 9.86. The number of fused-ring (bicyclic) bond motifs is 1. The second kappa shape index (κ2) is 19.3. The van der Waals surface area contributed by atoms with E-state index < -0.39 is 11.6 Å². The summed E-state index contributed by atoms with van der Waals surface area (Å²) in [6.07, 6.45) is 9.13. The van der Waals surface area contributed by atoms with Gasteiger partial charge in [-0.2, -0.15) is 0 Å². The SMILES string of the molecule is CC.CC.CCCC(C)(C)C(=O)N(C)C/C=C/c1ccc2c(c1)C[C@H](C(=O)Nc1ccccn1)C2.Fc1cccc(F)c1. The van der Waals surface area contributed by atoms with Gasteiger partial charge in [0.1, 0.15) is 17.5 Å². The molecule has 1 heterocycles. The summed E-state index contributed by atoms with van der Waals surface area (Å²) in [5, 5.41) is 2.91.